The molecule has 0 aromatic carbocycles. The lowest BCUT2D eigenvalue weighted by Crippen LogP contribution is -1.87. The second kappa shape index (κ2) is 19.5. The first-order valence-electron chi connectivity index (χ1n) is 5.84. The molecule has 0 nitrogen and oxygen atoms in total. The van der Waals surface area contributed by atoms with Crippen molar-refractivity contribution in [3.05, 3.63) is 24.3 Å². The van der Waals surface area contributed by atoms with Gasteiger partial charge in [0.1, 0.15) is 0 Å². The summed E-state index contributed by atoms with van der Waals surface area (Å²) in [5.41, 5.74) is 0. The fourth-order valence-electron chi connectivity index (χ4n) is 0.908. The van der Waals surface area contributed by atoms with E-state index in [2.05, 4.69) is 47.4 Å². The van der Waals surface area contributed by atoms with E-state index in [-0.39, 0.29) is 7.43 Å². The van der Waals surface area contributed by atoms with Gasteiger partial charge in [0.25, 0.3) is 0 Å². The molecule has 0 spiro atoms. The van der Waals surface area contributed by atoms with Crippen LogP contribution in [0.5, 0.6) is 0 Å². The lowest BCUT2D eigenvalue weighted by atomic mass is 10.0. The Kier molecular flexibility index (Phi) is 26.4. The van der Waals surface area contributed by atoms with Gasteiger partial charge in [-0.1, -0.05) is 72.3 Å². The Morgan fingerprint density at radius 1 is 1.27 bits per heavy atom. The summed E-state index contributed by atoms with van der Waals surface area (Å²) in [6.45, 7) is 8.42. The Hall–Kier alpha value is -0.0900. The van der Waals surface area contributed by atoms with Gasteiger partial charge in [-0.25, -0.2) is 0 Å². The minimum atomic E-state index is 0. The van der Waals surface area contributed by atoms with Crippen molar-refractivity contribution in [2.45, 2.75) is 54.4 Å². The van der Waals surface area contributed by atoms with Gasteiger partial charge in [-0.05, 0) is 18.5 Å². The van der Waals surface area contributed by atoms with Crippen LogP contribution in [-0.2, 0) is 0 Å². The third-order valence-corrected chi connectivity index (χ3v) is 2.16. The van der Waals surface area contributed by atoms with Gasteiger partial charge in [-0.3, -0.25) is 0 Å². The standard InChI is InChI=1S/C7H10.C4H11P.C2H6.CH4/c1-7-5-3-2-4-6-7;1-2-3-4-5;1-2;/h2-5,7H,6H2,1H3;2-5H2,1H3;1-2H3;1H4. The van der Waals surface area contributed by atoms with E-state index in [0.29, 0.717) is 0 Å². The van der Waals surface area contributed by atoms with Crippen molar-refractivity contribution >= 4 is 9.24 Å². The first-order valence-corrected chi connectivity index (χ1v) is 6.66. The molecule has 2 atom stereocenters. The van der Waals surface area contributed by atoms with Gasteiger partial charge in [0.05, 0.1) is 0 Å². The van der Waals surface area contributed by atoms with Gasteiger partial charge in [-0.2, -0.15) is 0 Å². The highest BCUT2D eigenvalue weighted by Crippen LogP contribution is 2.08. The number of unbranched alkanes of at least 4 members (excludes halogenated alkanes) is 1. The maximum atomic E-state index is 2.70. The predicted molar refractivity (Wildman–Crippen MR) is 79.6 cm³/mol. The van der Waals surface area contributed by atoms with E-state index >= 15 is 0 Å². The predicted octanol–water partition coefficient (Wildman–Crippen LogP) is 5.46. The van der Waals surface area contributed by atoms with Crippen molar-refractivity contribution in [2.75, 3.05) is 6.16 Å². The number of hydrogen-bond donors (Lipinski definition) is 0. The average Bonchev–Trinajstić information content (AvgIpc) is 2.24. The minimum absolute atomic E-state index is 0. The number of hydrogen-bond acceptors (Lipinski definition) is 0. The van der Waals surface area contributed by atoms with E-state index in [1.165, 1.54) is 25.4 Å². The molecule has 0 bridgehead atoms. The van der Waals surface area contributed by atoms with Gasteiger partial charge in [0.2, 0.25) is 0 Å². The smallest absolute Gasteiger partial charge is 0.0224 e. The molecule has 0 saturated heterocycles. The maximum absolute atomic E-state index is 2.70. The Balaban J connectivity index is -0.000000162. The molecular weight excluding hydrogens is 199 g/mol. The fourth-order valence-corrected chi connectivity index (χ4v) is 1.32. The van der Waals surface area contributed by atoms with Gasteiger partial charge < -0.3 is 0 Å². The Morgan fingerprint density at radius 3 is 2.00 bits per heavy atom. The molecule has 0 aliphatic heterocycles. The van der Waals surface area contributed by atoms with Crippen LogP contribution in [0.15, 0.2) is 24.3 Å². The fraction of sp³-hybridized carbons (Fsp3) is 0.714. The second-order valence-corrected chi connectivity index (χ2v) is 3.75. The normalized spacial score (nSPS) is 16.5. The van der Waals surface area contributed by atoms with Gasteiger partial charge in [0.15, 0.2) is 0 Å². The summed E-state index contributed by atoms with van der Waals surface area (Å²) in [5, 5.41) is 0. The lowest BCUT2D eigenvalue weighted by molar-refractivity contribution is 0.737. The van der Waals surface area contributed by atoms with Crippen molar-refractivity contribution < 1.29 is 0 Å². The van der Waals surface area contributed by atoms with Crippen molar-refractivity contribution in [1.29, 1.82) is 0 Å². The average molecular weight is 230 g/mol. The van der Waals surface area contributed by atoms with E-state index < -0.39 is 0 Å². The van der Waals surface area contributed by atoms with E-state index in [0.717, 1.165) is 5.92 Å². The molecule has 0 amide bonds. The van der Waals surface area contributed by atoms with E-state index in [1.807, 2.05) is 13.8 Å². The van der Waals surface area contributed by atoms with Crippen LogP contribution in [0.3, 0.4) is 0 Å². The van der Waals surface area contributed by atoms with Gasteiger partial charge in [-0.15, -0.1) is 9.24 Å². The second-order valence-electron chi connectivity index (χ2n) is 3.17. The highest BCUT2D eigenvalue weighted by molar-refractivity contribution is 7.16. The molecule has 1 heteroatoms. The zero-order chi connectivity index (χ0) is 11.2. The lowest BCUT2D eigenvalue weighted by Gasteiger charge is -2.02. The first-order chi connectivity index (χ1) is 6.81. The topological polar surface area (TPSA) is 0 Å². The van der Waals surface area contributed by atoms with Crippen LogP contribution in [0, 0.1) is 5.92 Å². The van der Waals surface area contributed by atoms with Crippen LogP contribution in [0.1, 0.15) is 54.4 Å². The minimum Gasteiger partial charge on any atom is -0.138 e. The molecule has 0 N–H and O–H groups in total. The Bertz CT molecular complexity index is 134. The third kappa shape index (κ3) is 20.1. The molecule has 1 aliphatic carbocycles. The molecule has 15 heavy (non-hydrogen) atoms. The molecule has 1 aliphatic rings. The van der Waals surface area contributed by atoms with Gasteiger partial charge >= 0.3 is 0 Å². The van der Waals surface area contributed by atoms with Crippen LogP contribution >= 0.6 is 9.24 Å². The third-order valence-electron chi connectivity index (χ3n) is 1.75. The van der Waals surface area contributed by atoms with Crippen molar-refractivity contribution in [3.63, 3.8) is 0 Å². The van der Waals surface area contributed by atoms with Crippen LogP contribution in [-0.4, -0.2) is 6.16 Å². The summed E-state index contributed by atoms with van der Waals surface area (Å²) in [6, 6.07) is 0. The van der Waals surface area contributed by atoms with Crippen molar-refractivity contribution in [2.24, 2.45) is 5.92 Å². The highest BCUT2D eigenvalue weighted by Gasteiger charge is 1.93. The molecule has 0 fully saturated rings. The summed E-state index contributed by atoms with van der Waals surface area (Å²) < 4.78 is 0. The molecule has 0 radical (unpaired) electrons. The molecule has 92 valence electrons. The zero-order valence-electron chi connectivity index (χ0n) is 10.3. The van der Waals surface area contributed by atoms with Crippen molar-refractivity contribution in [1.82, 2.24) is 0 Å². The van der Waals surface area contributed by atoms with Gasteiger partial charge in [0, 0.05) is 0 Å². The van der Waals surface area contributed by atoms with Crippen LogP contribution in [0.2, 0.25) is 0 Å². The molecule has 0 aromatic rings. The van der Waals surface area contributed by atoms with Crippen LogP contribution in [0.25, 0.3) is 0 Å². The zero-order valence-corrected chi connectivity index (χ0v) is 11.4. The monoisotopic (exact) mass is 230 g/mol. The summed E-state index contributed by atoms with van der Waals surface area (Å²) in [6.07, 6.45) is 13.8. The number of rotatable bonds is 2. The molecule has 0 saturated carbocycles. The summed E-state index contributed by atoms with van der Waals surface area (Å²) in [4.78, 5) is 0. The van der Waals surface area contributed by atoms with Crippen LogP contribution in [0.4, 0.5) is 0 Å². The molecule has 1 rings (SSSR count). The van der Waals surface area contributed by atoms with Crippen LogP contribution < -0.4 is 0 Å². The number of allylic oxidation sites excluding steroid dienone is 4. The summed E-state index contributed by atoms with van der Waals surface area (Å²) >= 11 is 0. The van der Waals surface area contributed by atoms with E-state index in [4.69, 9.17) is 0 Å². The molecule has 0 heterocycles. The summed E-state index contributed by atoms with van der Waals surface area (Å²) in [5.74, 6) is 0.769. The quantitative estimate of drug-likeness (QED) is 0.552. The Labute approximate surface area is 100 Å². The molecular formula is C14H31P. The maximum Gasteiger partial charge on any atom is -0.0224 e. The first kappa shape index (κ1) is 20.3. The molecule has 2 unspecified atom stereocenters. The Morgan fingerprint density at radius 2 is 1.87 bits per heavy atom. The largest absolute Gasteiger partial charge is 0.138 e. The summed E-state index contributed by atoms with van der Waals surface area (Å²) in [7, 11) is 2.70. The SMILES string of the molecule is C.CC.CC1C=CC=CC1.CCCCP. The highest BCUT2D eigenvalue weighted by atomic mass is 31.0. The van der Waals surface area contributed by atoms with E-state index in [9.17, 15) is 0 Å². The van der Waals surface area contributed by atoms with Crippen molar-refractivity contribution in [3.8, 4) is 0 Å². The van der Waals surface area contributed by atoms with E-state index in [1.54, 1.807) is 0 Å². The molecule has 0 aromatic heterocycles.